The van der Waals surface area contributed by atoms with E-state index < -0.39 is 8.15 Å². The van der Waals surface area contributed by atoms with E-state index in [1.54, 1.807) is 0 Å². The molecule has 17 heavy (non-hydrogen) atoms. The first-order valence-electron chi connectivity index (χ1n) is 5.91. The molecule has 1 saturated heterocycles. The number of hydrogen-bond acceptors (Lipinski definition) is 3. The molecule has 1 heterocycles. The summed E-state index contributed by atoms with van der Waals surface area (Å²) in [5, 5.41) is 0. The van der Waals surface area contributed by atoms with E-state index in [-0.39, 0.29) is 6.10 Å². The quantitative estimate of drug-likeness (QED) is 0.756. The Kier molecular flexibility index (Phi) is 4.25. The molecule has 0 aliphatic carbocycles. The van der Waals surface area contributed by atoms with Crippen LogP contribution in [0.2, 0.25) is 0 Å². The zero-order chi connectivity index (χ0) is 12.3. The van der Waals surface area contributed by atoms with Crippen molar-refractivity contribution >= 4 is 8.15 Å². The molecule has 0 saturated carbocycles. The first-order chi connectivity index (χ1) is 8.19. The molecule has 1 fully saturated rings. The minimum Gasteiger partial charge on any atom is -0.485 e. The van der Waals surface area contributed by atoms with E-state index in [0.29, 0.717) is 13.2 Å². The van der Waals surface area contributed by atoms with Gasteiger partial charge in [0.15, 0.2) is 0 Å². The Morgan fingerprint density at radius 1 is 1.35 bits per heavy atom. The molecule has 0 radical (unpaired) electrons. The fourth-order valence-electron chi connectivity index (χ4n) is 1.66. The van der Waals surface area contributed by atoms with Gasteiger partial charge in [-0.25, -0.2) is 0 Å². The lowest BCUT2D eigenvalue weighted by Gasteiger charge is -2.27. The van der Waals surface area contributed by atoms with Crippen LogP contribution in [0.5, 0.6) is 11.5 Å². The van der Waals surface area contributed by atoms with Gasteiger partial charge in [0.2, 0.25) is 0 Å². The maximum absolute atomic E-state index is 5.86. The van der Waals surface area contributed by atoms with E-state index in [9.17, 15) is 0 Å². The highest BCUT2D eigenvalue weighted by Gasteiger charge is 2.20. The normalized spacial score (nSPS) is 15.8. The van der Waals surface area contributed by atoms with Gasteiger partial charge < -0.3 is 14.0 Å². The summed E-state index contributed by atoms with van der Waals surface area (Å²) in [6.45, 7) is 7.72. The largest absolute Gasteiger partial charge is 0.485 e. The van der Waals surface area contributed by atoms with Gasteiger partial charge in [0, 0.05) is 6.07 Å². The lowest BCUT2D eigenvalue weighted by atomic mass is 10.1. The maximum atomic E-state index is 5.86. The van der Waals surface area contributed by atoms with Crippen LogP contribution in [0.3, 0.4) is 0 Å². The molecule has 0 N–H and O–H groups in total. The fraction of sp³-hybridized carbons (Fsp3) is 0.538. The summed E-state index contributed by atoms with van der Waals surface area (Å²) in [6.07, 6.45) is 1.19. The van der Waals surface area contributed by atoms with Crippen LogP contribution in [-0.2, 0) is 11.2 Å². The van der Waals surface area contributed by atoms with Crippen LogP contribution in [0.1, 0.15) is 12.5 Å². The van der Waals surface area contributed by atoms with Gasteiger partial charge in [0.05, 0.1) is 21.4 Å². The number of benzene rings is 1. The highest BCUT2D eigenvalue weighted by Crippen LogP contribution is 2.35. The second-order valence-corrected chi connectivity index (χ2v) is 6.11. The standard InChI is InChI=1S/C13H19O3P/c1-4-10-5-6-11(15-12-8-14-9-12)7-13(10)16-17(2)3/h5-7,12H,4,8-9H2,1-3H3. The minimum atomic E-state index is -0.401. The summed E-state index contributed by atoms with van der Waals surface area (Å²) >= 11 is 0. The van der Waals surface area contributed by atoms with Crippen molar-refractivity contribution in [1.29, 1.82) is 0 Å². The van der Waals surface area contributed by atoms with Crippen LogP contribution in [0.4, 0.5) is 0 Å². The zero-order valence-electron chi connectivity index (χ0n) is 10.6. The summed E-state index contributed by atoms with van der Waals surface area (Å²) < 4.78 is 16.7. The zero-order valence-corrected chi connectivity index (χ0v) is 11.5. The second-order valence-electron chi connectivity index (χ2n) is 4.30. The predicted octanol–water partition coefficient (Wildman–Crippen LogP) is 3.06. The topological polar surface area (TPSA) is 27.7 Å². The molecule has 94 valence electrons. The molecule has 0 spiro atoms. The van der Waals surface area contributed by atoms with Gasteiger partial charge >= 0.3 is 0 Å². The second kappa shape index (κ2) is 5.70. The van der Waals surface area contributed by atoms with Crippen molar-refractivity contribution in [2.45, 2.75) is 19.4 Å². The molecular weight excluding hydrogens is 235 g/mol. The van der Waals surface area contributed by atoms with Crippen LogP contribution in [-0.4, -0.2) is 32.6 Å². The summed E-state index contributed by atoms with van der Waals surface area (Å²) in [4.78, 5) is 0. The SMILES string of the molecule is CCc1ccc(OC2COC2)cc1OP(C)C. The first-order valence-corrected chi connectivity index (χ1v) is 8.07. The van der Waals surface area contributed by atoms with Gasteiger partial charge in [0.1, 0.15) is 17.6 Å². The van der Waals surface area contributed by atoms with Gasteiger partial charge in [-0.15, -0.1) is 0 Å². The molecule has 4 heteroatoms. The van der Waals surface area contributed by atoms with Crippen molar-refractivity contribution in [3.05, 3.63) is 23.8 Å². The smallest absolute Gasteiger partial charge is 0.145 e. The van der Waals surface area contributed by atoms with Gasteiger partial charge in [-0.05, 0) is 31.4 Å². The van der Waals surface area contributed by atoms with Crippen molar-refractivity contribution in [2.24, 2.45) is 0 Å². The van der Waals surface area contributed by atoms with Crippen LogP contribution >= 0.6 is 8.15 Å². The summed E-state index contributed by atoms with van der Waals surface area (Å²) in [6, 6.07) is 6.10. The third-order valence-corrected chi connectivity index (χ3v) is 3.17. The van der Waals surface area contributed by atoms with Crippen molar-refractivity contribution in [1.82, 2.24) is 0 Å². The van der Waals surface area contributed by atoms with E-state index in [2.05, 4.69) is 26.3 Å². The number of ether oxygens (including phenoxy) is 2. The van der Waals surface area contributed by atoms with Gasteiger partial charge in [-0.1, -0.05) is 13.0 Å². The molecule has 0 atom stereocenters. The number of hydrogen-bond donors (Lipinski definition) is 0. The lowest BCUT2D eigenvalue weighted by molar-refractivity contribution is -0.0797. The highest BCUT2D eigenvalue weighted by molar-refractivity contribution is 7.51. The third-order valence-electron chi connectivity index (χ3n) is 2.61. The Bertz CT molecular complexity index is 375. The van der Waals surface area contributed by atoms with E-state index in [1.807, 2.05) is 12.1 Å². The van der Waals surface area contributed by atoms with Gasteiger partial charge in [0.25, 0.3) is 0 Å². The van der Waals surface area contributed by atoms with Crippen molar-refractivity contribution in [3.63, 3.8) is 0 Å². The predicted molar refractivity (Wildman–Crippen MR) is 70.5 cm³/mol. The molecule has 0 aromatic heterocycles. The van der Waals surface area contributed by atoms with E-state index in [1.165, 1.54) is 5.56 Å². The van der Waals surface area contributed by atoms with E-state index in [4.69, 9.17) is 14.0 Å². The molecule has 1 aliphatic heterocycles. The highest BCUT2D eigenvalue weighted by atomic mass is 31.1. The summed E-state index contributed by atoms with van der Waals surface area (Å²) in [5.41, 5.74) is 1.23. The molecule has 1 aliphatic rings. The third kappa shape index (κ3) is 3.34. The summed E-state index contributed by atoms with van der Waals surface area (Å²) in [5.74, 6) is 1.84. The monoisotopic (exact) mass is 254 g/mol. The Hall–Kier alpha value is -0.790. The molecular formula is C13H19O3P. The van der Waals surface area contributed by atoms with Crippen molar-refractivity contribution < 1.29 is 14.0 Å². The molecule has 2 rings (SSSR count). The van der Waals surface area contributed by atoms with Gasteiger partial charge in [-0.2, -0.15) is 0 Å². The van der Waals surface area contributed by atoms with Crippen LogP contribution in [0.15, 0.2) is 18.2 Å². The molecule has 1 aromatic carbocycles. The maximum Gasteiger partial charge on any atom is 0.145 e. The Balaban J connectivity index is 2.11. The lowest BCUT2D eigenvalue weighted by Crippen LogP contribution is -2.38. The van der Waals surface area contributed by atoms with E-state index in [0.717, 1.165) is 17.9 Å². The molecule has 0 amide bonds. The average molecular weight is 254 g/mol. The fourth-order valence-corrected chi connectivity index (χ4v) is 2.22. The van der Waals surface area contributed by atoms with Gasteiger partial charge in [-0.3, -0.25) is 0 Å². The Morgan fingerprint density at radius 3 is 2.65 bits per heavy atom. The number of aryl methyl sites for hydroxylation is 1. The molecule has 1 aromatic rings. The van der Waals surface area contributed by atoms with Crippen LogP contribution < -0.4 is 9.26 Å². The van der Waals surface area contributed by atoms with Crippen LogP contribution in [0.25, 0.3) is 0 Å². The summed E-state index contributed by atoms with van der Waals surface area (Å²) in [7, 11) is -0.401. The molecule has 3 nitrogen and oxygen atoms in total. The van der Waals surface area contributed by atoms with Crippen LogP contribution in [0, 0.1) is 0 Å². The molecule has 0 unspecified atom stereocenters. The molecule has 0 bridgehead atoms. The van der Waals surface area contributed by atoms with Crippen molar-refractivity contribution in [2.75, 3.05) is 26.5 Å². The minimum absolute atomic E-state index is 0.208. The Morgan fingerprint density at radius 2 is 2.12 bits per heavy atom. The van der Waals surface area contributed by atoms with Crippen molar-refractivity contribution in [3.8, 4) is 11.5 Å². The number of rotatable bonds is 5. The average Bonchev–Trinajstić information content (AvgIpc) is 2.23. The Labute approximate surface area is 104 Å². The van der Waals surface area contributed by atoms with E-state index >= 15 is 0 Å². The first kappa shape index (κ1) is 12.7.